The SMILES string of the molecule is CC[C@@H](NC1CCN(Cc2ccccn2)CC1)c1nccs1. The zero-order valence-corrected chi connectivity index (χ0v) is 13.9. The van der Waals surface area contributed by atoms with Crippen molar-refractivity contribution in [3.63, 3.8) is 0 Å². The van der Waals surface area contributed by atoms with Crippen LogP contribution < -0.4 is 5.32 Å². The van der Waals surface area contributed by atoms with Crippen LogP contribution in [0.4, 0.5) is 0 Å². The van der Waals surface area contributed by atoms with Gasteiger partial charge in [0, 0.05) is 43.4 Å². The van der Waals surface area contributed by atoms with E-state index in [9.17, 15) is 0 Å². The summed E-state index contributed by atoms with van der Waals surface area (Å²) in [6, 6.07) is 7.17. The molecule has 3 heterocycles. The number of nitrogens with one attached hydrogen (secondary N) is 1. The molecule has 0 unspecified atom stereocenters. The lowest BCUT2D eigenvalue weighted by Crippen LogP contribution is -2.43. The largest absolute Gasteiger partial charge is 0.305 e. The van der Waals surface area contributed by atoms with Crippen LogP contribution in [0.1, 0.15) is 42.9 Å². The van der Waals surface area contributed by atoms with E-state index >= 15 is 0 Å². The molecule has 1 saturated heterocycles. The molecular formula is C17H24N4S. The number of aromatic nitrogens is 2. The molecule has 3 rings (SSSR count). The molecule has 1 aliphatic heterocycles. The van der Waals surface area contributed by atoms with E-state index in [1.165, 1.54) is 23.5 Å². The van der Waals surface area contributed by atoms with Crippen LogP contribution in [-0.4, -0.2) is 34.0 Å². The van der Waals surface area contributed by atoms with Gasteiger partial charge in [-0.1, -0.05) is 13.0 Å². The van der Waals surface area contributed by atoms with Crippen molar-refractivity contribution in [2.24, 2.45) is 0 Å². The van der Waals surface area contributed by atoms with Crippen molar-refractivity contribution < 1.29 is 0 Å². The fourth-order valence-corrected chi connectivity index (χ4v) is 3.82. The average Bonchev–Trinajstić information content (AvgIpc) is 3.09. The van der Waals surface area contributed by atoms with Crippen LogP contribution >= 0.6 is 11.3 Å². The van der Waals surface area contributed by atoms with E-state index in [0.29, 0.717) is 12.1 Å². The van der Waals surface area contributed by atoms with E-state index in [1.54, 1.807) is 11.3 Å². The molecule has 2 aromatic rings. The highest BCUT2D eigenvalue weighted by Crippen LogP contribution is 2.22. The second-order valence-corrected chi connectivity index (χ2v) is 6.80. The van der Waals surface area contributed by atoms with Gasteiger partial charge in [0.05, 0.1) is 11.7 Å². The molecule has 118 valence electrons. The first kappa shape index (κ1) is 15.6. The summed E-state index contributed by atoms with van der Waals surface area (Å²) >= 11 is 1.75. The van der Waals surface area contributed by atoms with Gasteiger partial charge < -0.3 is 5.32 Å². The number of pyridine rings is 1. The number of likely N-dealkylation sites (tertiary alicyclic amines) is 1. The van der Waals surface area contributed by atoms with Gasteiger partial charge in [0.1, 0.15) is 5.01 Å². The Morgan fingerprint density at radius 2 is 2.14 bits per heavy atom. The number of hydrogen-bond donors (Lipinski definition) is 1. The summed E-state index contributed by atoms with van der Waals surface area (Å²) in [7, 11) is 0. The minimum Gasteiger partial charge on any atom is -0.305 e. The zero-order chi connectivity index (χ0) is 15.2. The highest BCUT2D eigenvalue weighted by molar-refractivity contribution is 7.09. The van der Waals surface area contributed by atoms with Crippen molar-refractivity contribution in [2.75, 3.05) is 13.1 Å². The normalized spacial score (nSPS) is 18.4. The Hall–Kier alpha value is -1.30. The number of hydrogen-bond acceptors (Lipinski definition) is 5. The second-order valence-electron chi connectivity index (χ2n) is 5.87. The van der Waals surface area contributed by atoms with Crippen LogP contribution in [0.2, 0.25) is 0 Å². The first-order chi connectivity index (χ1) is 10.8. The van der Waals surface area contributed by atoms with Crippen molar-refractivity contribution in [2.45, 2.75) is 44.8 Å². The Balaban J connectivity index is 1.47. The van der Waals surface area contributed by atoms with Crippen molar-refractivity contribution in [1.29, 1.82) is 0 Å². The summed E-state index contributed by atoms with van der Waals surface area (Å²) in [5.41, 5.74) is 1.17. The summed E-state index contributed by atoms with van der Waals surface area (Å²) in [6.45, 7) is 5.48. The van der Waals surface area contributed by atoms with Gasteiger partial charge in [-0.3, -0.25) is 9.88 Å². The minimum absolute atomic E-state index is 0.410. The van der Waals surface area contributed by atoms with E-state index in [2.05, 4.69) is 44.6 Å². The first-order valence-corrected chi connectivity index (χ1v) is 9.01. The van der Waals surface area contributed by atoms with Gasteiger partial charge in [0.2, 0.25) is 0 Å². The monoisotopic (exact) mass is 316 g/mol. The molecule has 5 heteroatoms. The second kappa shape index (κ2) is 7.81. The summed E-state index contributed by atoms with van der Waals surface area (Å²) < 4.78 is 0. The van der Waals surface area contributed by atoms with Gasteiger partial charge in [-0.25, -0.2) is 4.98 Å². The molecule has 2 aromatic heterocycles. The van der Waals surface area contributed by atoms with Crippen molar-refractivity contribution in [3.8, 4) is 0 Å². The quantitative estimate of drug-likeness (QED) is 0.888. The fraction of sp³-hybridized carbons (Fsp3) is 0.529. The van der Waals surface area contributed by atoms with Crippen LogP contribution in [0.25, 0.3) is 0 Å². The van der Waals surface area contributed by atoms with Crippen LogP contribution in [0.15, 0.2) is 36.0 Å². The van der Waals surface area contributed by atoms with Crippen molar-refractivity contribution in [3.05, 3.63) is 46.7 Å². The standard InChI is InChI=1S/C17H24N4S/c1-2-16(17-19-9-12-22-17)20-14-6-10-21(11-7-14)13-15-5-3-4-8-18-15/h3-5,8-9,12,14,16,20H,2,6-7,10-11,13H2,1H3/t16-/m1/s1. The van der Waals surface area contributed by atoms with E-state index in [0.717, 1.165) is 26.1 Å². The van der Waals surface area contributed by atoms with E-state index in [1.807, 2.05) is 18.5 Å². The molecule has 1 atom stereocenters. The highest BCUT2D eigenvalue weighted by atomic mass is 32.1. The number of nitrogens with zero attached hydrogens (tertiary/aromatic N) is 3. The lowest BCUT2D eigenvalue weighted by atomic mass is 10.0. The molecule has 0 spiro atoms. The fourth-order valence-electron chi connectivity index (χ4n) is 3.03. The molecule has 0 aromatic carbocycles. The Labute approximate surface area is 136 Å². The molecule has 0 radical (unpaired) electrons. The lowest BCUT2D eigenvalue weighted by molar-refractivity contribution is 0.181. The maximum Gasteiger partial charge on any atom is 0.109 e. The zero-order valence-electron chi connectivity index (χ0n) is 13.1. The lowest BCUT2D eigenvalue weighted by Gasteiger charge is -2.34. The molecule has 1 fully saturated rings. The molecule has 0 saturated carbocycles. The summed E-state index contributed by atoms with van der Waals surface area (Å²) in [6.07, 6.45) is 7.29. The van der Waals surface area contributed by atoms with E-state index < -0.39 is 0 Å². The van der Waals surface area contributed by atoms with Crippen LogP contribution in [0, 0.1) is 0 Å². The predicted molar refractivity (Wildman–Crippen MR) is 90.8 cm³/mol. The van der Waals surface area contributed by atoms with Crippen molar-refractivity contribution >= 4 is 11.3 Å². The molecule has 0 amide bonds. The Morgan fingerprint density at radius 3 is 2.77 bits per heavy atom. The average molecular weight is 316 g/mol. The third-order valence-electron chi connectivity index (χ3n) is 4.29. The van der Waals surface area contributed by atoms with Gasteiger partial charge in [0.25, 0.3) is 0 Å². The highest BCUT2D eigenvalue weighted by Gasteiger charge is 2.22. The van der Waals surface area contributed by atoms with Crippen molar-refractivity contribution in [1.82, 2.24) is 20.2 Å². The molecule has 1 aliphatic rings. The van der Waals surface area contributed by atoms with Gasteiger partial charge in [-0.05, 0) is 31.4 Å². The maximum absolute atomic E-state index is 4.46. The predicted octanol–water partition coefficient (Wildman–Crippen LogP) is 3.24. The third kappa shape index (κ3) is 4.12. The summed E-state index contributed by atoms with van der Waals surface area (Å²) in [5, 5.41) is 7.08. The minimum atomic E-state index is 0.410. The third-order valence-corrected chi connectivity index (χ3v) is 5.18. The van der Waals surface area contributed by atoms with Crippen LogP contribution in [0.5, 0.6) is 0 Å². The number of rotatable bonds is 6. The van der Waals surface area contributed by atoms with Gasteiger partial charge in [-0.2, -0.15) is 0 Å². The molecular weight excluding hydrogens is 292 g/mol. The maximum atomic E-state index is 4.46. The smallest absolute Gasteiger partial charge is 0.109 e. The Kier molecular flexibility index (Phi) is 5.53. The van der Waals surface area contributed by atoms with Crippen LogP contribution in [-0.2, 0) is 6.54 Å². The van der Waals surface area contributed by atoms with Gasteiger partial charge in [0.15, 0.2) is 0 Å². The molecule has 0 bridgehead atoms. The Bertz CT molecular complexity index is 535. The number of piperidine rings is 1. The molecule has 22 heavy (non-hydrogen) atoms. The van der Waals surface area contributed by atoms with E-state index in [-0.39, 0.29) is 0 Å². The van der Waals surface area contributed by atoms with Gasteiger partial charge in [-0.15, -0.1) is 11.3 Å². The van der Waals surface area contributed by atoms with Crippen LogP contribution in [0.3, 0.4) is 0 Å². The topological polar surface area (TPSA) is 41.0 Å². The first-order valence-electron chi connectivity index (χ1n) is 8.13. The summed E-state index contributed by atoms with van der Waals surface area (Å²) in [5.74, 6) is 0. The van der Waals surface area contributed by atoms with E-state index in [4.69, 9.17) is 0 Å². The Morgan fingerprint density at radius 1 is 1.27 bits per heavy atom. The van der Waals surface area contributed by atoms with Gasteiger partial charge >= 0.3 is 0 Å². The summed E-state index contributed by atoms with van der Waals surface area (Å²) in [4.78, 5) is 11.4. The molecule has 1 N–H and O–H groups in total. The number of thiazole rings is 1. The molecule has 4 nitrogen and oxygen atoms in total. The molecule has 0 aliphatic carbocycles.